The van der Waals surface area contributed by atoms with E-state index in [2.05, 4.69) is 9.97 Å². The Balaban J connectivity index is 1.87. The summed E-state index contributed by atoms with van der Waals surface area (Å²) in [7, 11) is 0. The first-order chi connectivity index (χ1) is 18.8. The van der Waals surface area contributed by atoms with Gasteiger partial charge < -0.3 is 16.4 Å². The lowest BCUT2D eigenvalue weighted by atomic mass is 9.94. The fraction of sp³-hybridized carbons (Fsp3) is 0.214. The Morgan fingerprint density at radius 2 is 1.21 bits per heavy atom. The van der Waals surface area contributed by atoms with E-state index in [-0.39, 0.29) is 25.7 Å². The van der Waals surface area contributed by atoms with Crippen molar-refractivity contribution in [1.82, 2.24) is 20.3 Å². The van der Waals surface area contributed by atoms with Crippen LogP contribution < -0.4 is 16.9 Å². The largest absolute Gasteiger partial charge is 0.368 e. The zero-order valence-electron chi connectivity index (χ0n) is 21.0. The molecule has 2 unspecified atom stereocenters. The summed E-state index contributed by atoms with van der Waals surface area (Å²) in [6.45, 7) is 0. The summed E-state index contributed by atoms with van der Waals surface area (Å²) in [5, 5.41) is 10.2. The summed E-state index contributed by atoms with van der Waals surface area (Å²) in [5.41, 5.74) is 15.0. The minimum absolute atomic E-state index is 0.0111. The molecule has 39 heavy (non-hydrogen) atoms. The second-order valence-electron chi connectivity index (χ2n) is 9.00. The van der Waals surface area contributed by atoms with Gasteiger partial charge in [0.2, 0.25) is 23.6 Å². The van der Waals surface area contributed by atoms with Crippen LogP contribution in [0.5, 0.6) is 0 Å². The second kappa shape index (κ2) is 12.1. The quantitative estimate of drug-likeness (QED) is 0.131. The van der Waals surface area contributed by atoms with Gasteiger partial charge in [-0.2, -0.15) is 0 Å². The molecule has 0 radical (unpaired) electrons. The Kier molecular flexibility index (Phi) is 8.42. The summed E-state index contributed by atoms with van der Waals surface area (Å²) >= 11 is 0. The fourth-order valence-corrected chi connectivity index (χ4v) is 4.76. The lowest BCUT2D eigenvalue weighted by Gasteiger charge is -2.36. The van der Waals surface area contributed by atoms with Gasteiger partial charge in [-0.15, -0.1) is 0 Å². The van der Waals surface area contributed by atoms with Gasteiger partial charge in [0.1, 0.15) is 12.1 Å². The number of primary amides is 2. The van der Waals surface area contributed by atoms with Gasteiger partial charge in [0, 0.05) is 47.1 Å². The molecule has 0 fully saturated rings. The van der Waals surface area contributed by atoms with Crippen molar-refractivity contribution in [3.8, 4) is 0 Å². The molecule has 0 aliphatic rings. The van der Waals surface area contributed by atoms with Gasteiger partial charge in [0.05, 0.1) is 11.0 Å². The van der Waals surface area contributed by atoms with E-state index in [1.807, 2.05) is 24.3 Å². The molecule has 2 aromatic heterocycles. The molecular formula is C28H28N6O5. The van der Waals surface area contributed by atoms with Crippen molar-refractivity contribution >= 4 is 45.4 Å². The number of hydrogen-bond acceptors (Lipinski definition) is 7. The number of hydrogen-bond donors (Lipinski definition) is 4. The standard InChI is InChI=1S/C28H28N6O5/c29-27(37)25(19-11-3-7-17-9-5-15-31-23(17)19)34(22(36)14-2-1-13-21(35)33-39)26(28(30)38)20-12-4-8-18-10-6-16-32-24(18)20/h3-12,15-16,25-26,39H,1-2,13-14H2,(H2,29,37)(H2,30,38)(H,33,35). The number of para-hydroxylation sites is 2. The monoisotopic (exact) mass is 528 g/mol. The van der Waals surface area contributed by atoms with Crippen LogP contribution in [0.3, 0.4) is 0 Å². The number of carbonyl (C=O) groups is 4. The van der Waals surface area contributed by atoms with E-state index in [0.717, 1.165) is 4.90 Å². The van der Waals surface area contributed by atoms with Crippen LogP contribution in [-0.2, 0) is 19.2 Å². The summed E-state index contributed by atoms with van der Waals surface area (Å²) < 4.78 is 0. The number of nitrogens with zero attached hydrogens (tertiary/aromatic N) is 3. The molecule has 0 aliphatic carbocycles. The SMILES string of the molecule is NC(=O)C(c1cccc2cccnc12)N(C(=O)CCCCC(=O)NO)C(C(N)=O)c1cccc2cccnc12. The number of amides is 4. The number of nitrogens with two attached hydrogens (primary N) is 2. The van der Waals surface area contributed by atoms with Gasteiger partial charge in [-0.05, 0) is 25.0 Å². The first-order valence-corrected chi connectivity index (χ1v) is 12.3. The van der Waals surface area contributed by atoms with Crippen molar-refractivity contribution in [1.29, 1.82) is 0 Å². The first kappa shape index (κ1) is 27.1. The van der Waals surface area contributed by atoms with E-state index in [1.54, 1.807) is 54.3 Å². The topological polar surface area (TPSA) is 182 Å². The van der Waals surface area contributed by atoms with Gasteiger partial charge >= 0.3 is 0 Å². The van der Waals surface area contributed by atoms with E-state index in [4.69, 9.17) is 16.7 Å². The number of aromatic nitrogens is 2. The second-order valence-corrected chi connectivity index (χ2v) is 9.00. The molecule has 4 rings (SSSR count). The van der Waals surface area contributed by atoms with Crippen molar-refractivity contribution in [3.05, 3.63) is 84.2 Å². The smallest absolute Gasteiger partial charge is 0.244 e. The number of benzene rings is 2. The third kappa shape index (κ3) is 5.83. The van der Waals surface area contributed by atoms with Crippen molar-refractivity contribution in [2.24, 2.45) is 11.5 Å². The van der Waals surface area contributed by atoms with Gasteiger partial charge in [0.15, 0.2) is 0 Å². The number of fused-ring (bicyclic) bond motifs is 2. The third-order valence-corrected chi connectivity index (χ3v) is 6.47. The maximum atomic E-state index is 13.9. The third-order valence-electron chi connectivity index (χ3n) is 6.47. The van der Waals surface area contributed by atoms with Gasteiger partial charge in [-0.25, -0.2) is 5.48 Å². The Bertz CT molecular complexity index is 1430. The number of carbonyl (C=O) groups excluding carboxylic acids is 4. The normalized spacial score (nSPS) is 12.5. The van der Waals surface area contributed by atoms with Gasteiger partial charge in [0.25, 0.3) is 0 Å². The average molecular weight is 529 g/mol. The van der Waals surface area contributed by atoms with Crippen molar-refractivity contribution < 1.29 is 24.4 Å². The van der Waals surface area contributed by atoms with E-state index in [1.165, 1.54) is 0 Å². The molecule has 2 heterocycles. The number of unbranched alkanes of at least 4 members (excludes halogenated alkanes) is 1. The van der Waals surface area contributed by atoms with E-state index in [9.17, 15) is 19.2 Å². The number of nitrogens with one attached hydrogen (secondary N) is 1. The fourth-order valence-electron chi connectivity index (χ4n) is 4.76. The zero-order chi connectivity index (χ0) is 27.9. The highest BCUT2D eigenvalue weighted by Crippen LogP contribution is 2.36. The first-order valence-electron chi connectivity index (χ1n) is 12.3. The lowest BCUT2D eigenvalue weighted by Crippen LogP contribution is -2.48. The van der Waals surface area contributed by atoms with Crippen LogP contribution in [0.4, 0.5) is 0 Å². The zero-order valence-corrected chi connectivity index (χ0v) is 21.0. The highest BCUT2D eigenvalue weighted by molar-refractivity contribution is 5.97. The summed E-state index contributed by atoms with van der Waals surface area (Å²) in [5.74, 6) is -2.91. The Morgan fingerprint density at radius 1 is 0.744 bits per heavy atom. The molecule has 2 atom stereocenters. The van der Waals surface area contributed by atoms with Crippen molar-refractivity contribution in [2.45, 2.75) is 37.8 Å². The minimum atomic E-state index is -1.40. The minimum Gasteiger partial charge on any atom is -0.368 e. The molecule has 0 spiro atoms. The van der Waals surface area contributed by atoms with Crippen molar-refractivity contribution in [3.63, 3.8) is 0 Å². The Hall–Kier alpha value is -4.90. The van der Waals surface area contributed by atoms with Crippen LogP contribution in [0, 0.1) is 0 Å². The van der Waals surface area contributed by atoms with Crippen LogP contribution in [0.15, 0.2) is 73.1 Å². The van der Waals surface area contributed by atoms with E-state index in [0.29, 0.717) is 32.9 Å². The number of pyridine rings is 2. The highest BCUT2D eigenvalue weighted by atomic mass is 16.5. The maximum absolute atomic E-state index is 13.9. The predicted molar refractivity (Wildman–Crippen MR) is 143 cm³/mol. The van der Waals surface area contributed by atoms with E-state index >= 15 is 0 Å². The number of rotatable bonds is 11. The van der Waals surface area contributed by atoms with Crippen LogP contribution >= 0.6 is 0 Å². The van der Waals surface area contributed by atoms with Crippen LogP contribution in [0.2, 0.25) is 0 Å². The molecule has 4 amide bonds. The molecule has 0 aliphatic heterocycles. The molecule has 0 saturated carbocycles. The lowest BCUT2D eigenvalue weighted by molar-refractivity contribution is -0.147. The maximum Gasteiger partial charge on any atom is 0.244 e. The summed E-state index contributed by atoms with van der Waals surface area (Å²) in [6.07, 6.45) is 3.50. The van der Waals surface area contributed by atoms with Crippen LogP contribution in [0.25, 0.3) is 21.8 Å². The molecule has 4 aromatic rings. The Labute approximate surface area is 223 Å². The molecule has 200 valence electrons. The molecule has 0 bridgehead atoms. The number of hydroxylamine groups is 1. The van der Waals surface area contributed by atoms with Crippen LogP contribution in [0.1, 0.15) is 48.9 Å². The molecule has 11 nitrogen and oxygen atoms in total. The Morgan fingerprint density at radius 3 is 1.67 bits per heavy atom. The van der Waals surface area contributed by atoms with Gasteiger partial charge in [-0.3, -0.25) is 34.4 Å². The average Bonchev–Trinajstić information content (AvgIpc) is 2.94. The summed E-state index contributed by atoms with van der Waals surface area (Å²) in [6, 6.07) is 14.6. The van der Waals surface area contributed by atoms with Gasteiger partial charge in [-0.1, -0.05) is 48.5 Å². The molecule has 6 N–H and O–H groups in total. The van der Waals surface area contributed by atoms with Crippen molar-refractivity contribution in [2.75, 3.05) is 0 Å². The molecule has 0 saturated heterocycles. The molecule has 11 heteroatoms. The predicted octanol–water partition coefficient (Wildman–Crippen LogP) is 2.43. The molecule has 2 aromatic carbocycles. The highest BCUT2D eigenvalue weighted by Gasteiger charge is 2.40. The van der Waals surface area contributed by atoms with Crippen LogP contribution in [-0.4, -0.2) is 43.7 Å². The van der Waals surface area contributed by atoms with E-state index < -0.39 is 35.7 Å². The molecular weight excluding hydrogens is 500 g/mol. The summed E-state index contributed by atoms with van der Waals surface area (Å²) in [4.78, 5) is 61.5.